The van der Waals surface area contributed by atoms with Crippen LogP contribution >= 0.6 is 0 Å². The smallest absolute Gasteiger partial charge is 0.314 e. The second kappa shape index (κ2) is 4.79. The van der Waals surface area contributed by atoms with Crippen molar-refractivity contribution in [3.63, 3.8) is 0 Å². The van der Waals surface area contributed by atoms with Gasteiger partial charge in [0.25, 0.3) is 6.43 Å². The maximum absolute atomic E-state index is 13.1. The highest BCUT2D eigenvalue weighted by molar-refractivity contribution is 5.84. The molecule has 0 spiro atoms. The first-order valence-electron chi connectivity index (χ1n) is 6.13. The molecule has 104 valence electrons. The van der Waals surface area contributed by atoms with Crippen molar-refractivity contribution in [3.8, 4) is 5.75 Å². The summed E-state index contributed by atoms with van der Waals surface area (Å²) in [5, 5.41) is 9.43. The van der Waals surface area contributed by atoms with Crippen LogP contribution in [0.2, 0.25) is 0 Å². The molecule has 0 radical (unpaired) electrons. The highest BCUT2D eigenvalue weighted by atomic mass is 19.3. The maximum atomic E-state index is 13.1. The van der Waals surface area contributed by atoms with Gasteiger partial charge in [0.1, 0.15) is 5.75 Å². The average molecular weight is 270 g/mol. The lowest BCUT2D eigenvalue weighted by Crippen LogP contribution is -2.42. The zero-order valence-electron chi connectivity index (χ0n) is 10.9. The summed E-state index contributed by atoms with van der Waals surface area (Å²) in [6.07, 6.45) is -0.970. The standard InChI is InChI=1S/C14H16F2O3/c1-8-6-9(12(15)16)11(19-2)10(7-8)14(13(17)18)4-3-5-14/h6-7,12H,3-5H2,1-2H3,(H,17,18). The summed E-state index contributed by atoms with van der Waals surface area (Å²) in [4.78, 5) is 11.5. The molecule has 5 heteroatoms. The van der Waals surface area contributed by atoms with Crippen LogP contribution in [0.4, 0.5) is 8.78 Å². The molecule has 1 saturated carbocycles. The molecule has 0 bridgehead atoms. The topological polar surface area (TPSA) is 46.5 Å². The van der Waals surface area contributed by atoms with Crippen molar-refractivity contribution in [3.05, 3.63) is 28.8 Å². The zero-order chi connectivity index (χ0) is 14.2. The van der Waals surface area contributed by atoms with E-state index in [1.165, 1.54) is 13.2 Å². The monoisotopic (exact) mass is 270 g/mol. The quantitative estimate of drug-likeness (QED) is 0.911. The molecule has 3 nitrogen and oxygen atoms in total. The molecule has 1 aliphatic rings. The second-order valence-electron chi connectivity index (χ2n) is 4.98. The van der Waals surface area contributed by atoms with E-state index in [2.05, 4.69) is 0 Å². The Kier molecular flexibility index (Phi) is 3.47. The van der Waals surface area contributed by atoms with Gasteiger partial charge >= 0.3 is 5.97 Å². The summed E-state index contributed by atoms with van der Waals surface area (Å²) in [5.41, 5.74) is -0.297. The van der Waals surface area contributed by atoms with Crippen molar-refractivity contribution in [2.24, 2.45) is 0 Å². The van der Waals surface area contributed by atoms with E-state index in [9.17, 15) is 18.7 Å². The van der Waals surface area contributed by atoms with E-state index in [0.717, 1.165) is 6.42 Å². The van der Waals surface area contributed by atoms with E-state index in [-0.39, 0.29) is 11.3 Å². The van der Waals surface area contributed by atoms with E-state index in [1.54, 1.807) is 13.0 Å². The zero-order valence-corrected chi connectivity index (χ0v) is 10.9. The largest absolute Gasteiger partial charge is 0.496 e. The summed E-state index contributed by atoms with van der Waals surface area (Å²) in [7, 11) is 1.30. The molecule has 1 fully saturated rings. The fourth-order valence-corrected chi connectivity index (χ4v) is 2.68. The van der Waals surface area contributed by atoms with Crippen LogP contribution in [0.15, 0.2) is 12.1 Å². The van der Waals surface area contributed by atoms with Gasteiger partial charge in [0.15, 0.2) is 0 Å². The molecule has 0 amide bonds. The minimum absolute atomic E-state index is 0.0164. The third-order valence-electron chi connectivity index (χ3n) is 3.83. The molecular formula is C14H16F2O3. The van der Waals surface area contributed by atoms with Gasteiger partial charge in [-0.1, -0.05) is 18.1 Å². The van der Waals surface area contributed by atoms with Crippen LogP contribution in [0.3, 0.4) is 0 Å². The number of ether oxygens (including phenoxy) is 1. The van der Waals surface area contributed by atoms with Crippen molar-refractivity contribution < 1.29 is 23.4 Å². The van der Waals surface area contributed by atoms with Gasteiger partial charge in [-0.3, -0.25) is 4.79 Å². The van der Waals surface area contributed by atoms with Crippen molar-refractivity contribution >= 4 is 5.97 Å². The van der Waals surface area contributed by atoms with Crippen molar-refractivity contribution in [1.82, 2.24) is 0 Å². The summed E-state index contributed by atoms with van der Waals surface area (Å²) in [6.45, 7) is 1.68. The third-order valence-corrected chi connectivity index (χ3v) is 3.83. The number of hydrogen-bond donors (Lipinski definition) is 1. The number of benzene rings is 1. The van der Waals surface area contributed by atoms with Crippen LogP contribution in [-0.2, 0) is 10.2 Å². The van der Waals surface area contributed by atoms with Gasteiger partial charge in [0.2, 0.25) is 0 Å². The molecule has 0 saturated heterocycles. The highest BCUT2D eigenvalue weighted by Crippen LogP contribution is 2.49. The SMILES string of the molecule is COc1c(C(F)F)cc(C)cc1C1(C(=O)O)CCC1. The van der Waals surface area contributed by atoms with Crippen molar-refractivity contribution in [2.75, 3.05) is 7.11 Å². The van der Waals surface area contributed by atoms with Gasteiger partial charge in [-0.2, -0.15) is 0 Å². The average Bonchev–Trinajstić information content (AvgIpc) is 2.26. The van der Waals surface area contributed by atoms with Crippen LogP contribution in [0.1, 0.15) is 42.4 Å². The first-order valence-corrected chi connectivity index (χ1v) is 6.13. The Balaban J connectivity index is 2.65. The fraction of sp³-hybridized carbons (Fsp3) is 0.500. The molecule has 0 heterocycles. The van der Waals surface area contributed by atoms with E-state index in [0.29, 0.717) is 24.0 Å². The van der Waals surface area contributed by atoms with Gasteiger partial charge in [0.05, 0.1) is 18.1 Å². The number of aliphatic carboxylic acids is 1. The summed E-state index contributed by atoms with van der Waals surface area (Å²) >= 11 is 0. The predicted octanol–water partition coefficient (Wildman–Crippen LogP) is 3.45. The van der Waals surface area contributed by atoms with Gasteiger partial charge < -0.3 is 9.84 Å². The summed E-state index contributed by atoms with van der Waals surface area (Å²) in [6, 6.07) is 3.00. The normalized spacial score (nSPS) is 17.1. The Hall–Kier alpha value is -1.65. The number of carbonyl (C=O) groups is 1. The third kappa shape index (κ3) is 2.07. The second-order valence-corrected chi connectivity index (χ2v) is 4.98. The van der Waals surface area contributed by atoms with Gasteiger partial charge in [-0.05, 0) is 25.8 Å². The van der Waals surface area contributed by atoms with Crippen molar-refractivity contribution in [1.29, 1.82) is 0 Å². The van der Waals surface area contributed by atoms with Crippen LogP contribution < -0.4 is 4.74 Å². The molecule has 19 heavy (non-hydrogen) atoms. The number of halogens is 2. The fourth-order valence-electron chi connectivity index (χ4n) is 2.68. The molecular weight excluding hydrogens is 254 g/mol. The molecule has 0 unspecified atom stereocenters. The molecule has 0 atom stereocenters. The van der Waals surface area contributed by atoms with Gasteiger partial charge in [-0.15, -0.1) is 0 Å². The molecule has 0 aliphatic heterocycles. The van der Waals surface area contributed by atoms with E-state index < -0.39 is 17.8 Å². The highest BCUT2D eigenvalue weighted by Gasteiger charge is 2.48. The molecule has 0 aromatic heterocycles. The number of carboxylic acids is 1. The number of methoxy groups -OCH3 is 1. The lowest BCUT2D eigenvalue weighted by Gasteiger charge is -2.39. The van der Waals surface area contributed by atoms with Crippen LogP contribution in [0.5, 0.6) is 5.75 Å². The Labute approximate surface area is 110 Å². The molecule has 1 aliphatic carbocycles. The van der Waals surface area contributed by atoms with E-state index >= 15 is 0 Å². The van der Waals surface area contributed by atoms with Crippen LogP contribution in [-0.4, -0.2) is 18.2 Å². The number of hydrogen-bond acceptors (Lipinski definition) is 2. The minimum Gasteiger partial charge on any atom is -0.496 e. The van der Waals surface area contributed by atoms with Gasteiger partial charge in [-0.25, -0.2) is 8.78 Å². The molecule has 1 aromatic rings. The summed E-state index contributed by atoms with van der Waals surface area (Å²) < 4.78 is 31.2. The number of rotatable bonds is 4. The Morgan fingerprint density at radius 2 is 2.05 bits per heavy atom. The van der Waals surface area contributed by atoms with Crippen LogP contribution in [0.25, 0.3) is 0 Å². The number of aryl methyl sites for hydroxylation is 1. The Bertz CT molecular complexity index is 508. The minimum atomic E-state index is -2.68. The van der Waals surface area contributed by atoms with Gasteiger partial charge in [0, 0.05) is 5.56 Å². The number of alkyl halides is 2. The lowest BCUT2D eigenvalue weighted by atomic mass is 9.63. The Morgan fingerprint density at radius 1 is 1.42 bits per heavy atom. The first-order chi connectivity index (χ1) is 8.92. The maximum Gasteiger partial charge on any atom is 0.314 e. The first kappa shape index (κ1) is 13.8. The molecule has 2 rings (SSSR count). The molecule has 1 N–H and O–H groups in total. The Morgan fingerprint density at radius 3 is 2.42 bits per heavy atom. The van der Waals surface area contributed by atoms with E-state index in [4.69, 9.17) is 4.74 Å². The predicted molar refractivity (Wildman–Crippen MR) is 65.9 cm³/mol. The number of carboxylic acid groups (broad SMARTS) is 1. The molecule has 1 aromatic carbocycles. The summed E-state index contributed by atoms with van der Waals surface area (Å²) in [5.74, 6) is -0.953. The van der Waals surface area contributed by atoms with Crippen molar-refractivity contribution in [2.45, 2.75) is 38.0 Å². The lowest BCUT2D eigenvalue weighted by molar-refractivity contribution is -0.147. The van der Waals surface area contributed by atoms with Crippen LogP contribution in [0, 0.1) is 6.92 Å². The van der Waals surface area contributed by atoms with E-state index in [1.807, 2.05) is 0 Å².